The van der Waals surface area contributed by atoms with Gasteiger partial charge in [-0.05, 0) is 43.5 Å². The third-order valence-electron chi connectivity index (χ3n) is 4.27. The van der Waals surface area contributed by atoms with Crippen LogP contribution in [0.1, 0.15) is 31.2 Å². The maximum atomic E-state index is 6.14. The summed E-state index contributed by atoms with van der Waals surface area (Å²) in [4.78, 5) is 12.1. The maximum absolute atomic E-state index is 6.14. The number of piperidine rings is 1. The molecule has 1 fully saturated rings. The van der Waals surface area contributed by atoms with E-state index < -0.39 is 0 Å². The van der Waals surface area contributed by atoms with Crippen molar-refractivity contribution in [3.05, 3.63) is 54.2 Å². The molecule has 2 aromatic rings. The molecule has 0 bridgehead atoms. The molecule has 2 N–H and O–H groups in total. The second-order valence-corrected chi connectivity index (χ2v) is 6.25. The highest BCUT2D eigenvalue weighted by Crippen LogP contribution is 2.21. The highest BCUT2D eigenvalue weighted by atomic mass is 16.6. The summed E-state index contributed by atoms with van der Waals surface area (Å²) in [6.07, 6.45) is 6.17. The van der Waals surface area contributed by atoms with Gasteiger partial charge < -0.3 is 20.2 Å². The lowest BCUT2D eigenvalue weighted by Crippen LogP contribution is -2.32. The molecule has 1 aromatic heterocycles. The maximum Gasteiger partial charge on any atom is 0.174 e. The number of ether oxygens (including phenoxy) is 1. The van der Waals surface area contributed by atoms with Crippen LogP contribution in [-0.4, -0.2) is 37.1 Å². The van der Waals surface area contributed by atoms with Gasteiger partial charge in [-0.2, -0.15) is 0 Å². The minimum absolute atomic E-state index is 0.364. The Kier molecular flexibility index (Phi) is 6.70. The fourth-order valence-corrected chi connectivity index (χ4v) is 2.95. The molecule has 26 heavy (non-hydrogen) atoms. The standard InChI is InChI=1S/C20H26N4O2/c21-19(23-26-16-8-15-25-17-9-3-1-4-10-17)18-11-7-12-22-20(18)24-13-5-2-6-14-24/h1,3-4,7,9-12H,2,5-6,8,13-16H2,(H2,21,23). The largest absolute Gasteiger partial charge is 0.493 e. The number of hydrogen-bond acceptors (Lipinski definition) is 5. The van der Waals surface area contributed by atoms with Gasteiger partial charge in [0.2, 0.25) is 0 Å². The molecule has 0 saturated carbocycles. The van der Waals surface area contributed by atoms with Crippen LogP contribution in [0.2, 0.25) is 0 Å². The Morgan fingerprint density at radius 2 is 1.85 bits per heavy atom. The number of hydrogen-bond donors (Lipinski definition) is 1. The lowest BCUT2D eigenvalue weighted by molar-refractivity contribution is 0.127. The Morgan fingerprint density at radius 3 is 2.65 bits per heavy atom. The van der Waals surface area contributed by atoms with Crippen molar-refractivity contribution < 1.29 is 9.57 Å². The first kappa shape index (κ1) is 18.0. The number of anilines is 1. The molecule has 0 spiro atoms. The van der Waals surface area contributed by atoms with Gasteiger partial charge in [-0.3, -0.25) is 0 Å². The molecule has 0 atom stereocenters. The van der Waals surface area contributed by atoms with Gasteiger partial charge in [0.05, 0.1) is 12.2 Å². The van der Waals surface area contributed by atoms with E-state index in [4.69, 9.17) is 15.3 Å². The van der Waals surface area contributed by atoms with Crippen LogP contribution >= 0.6 is 0 Å². The van der Waals surface area contributed by atoms with Crippen molar-refractivity contribution in [2.75, 3.05) is 31.2 Å². The summed E-state index contributed by atoms with van der Waals surface area (Å²) < 4.78 is 5.62. The number of para-hydroxylation sites is 1. The minimum atomic E-state index is 0.364. The molecule has 0 aliphatic carbocycles. The number of oxime groups is 1. The van der Waals surface area contributed by atoms with E-state index in [1.807, 2.05) is 42.5 Å². The molecule has 2 heterocycles. The number of amidine groups is 1. The van der Waals surface area contributed by atoms with Crippen molar-refractivity contribution in [2.24, 2.45) is 10.9 Å². The predicted octanol–water partition coefficient (Wildman–Crippen LogP) is 3.18. The number of benzene rings is 1. The van der Waals surface area contributed by atoms with Crippen molar-refractivity contribution in [1.82, 2.24) is 4.98 Å². The third kappa shape index (κ3) is 5.12. The van der Waals surface area contributed by atoms with Gasteiger partial charge in [-0.15, -0.1) is 0 Å². The van der Waals surface area contributed by atoms with E-state index in [0.29, 0.717) is 19.0 Å². The van der Waals surface area contributed by atoms with Crippen LogP contribution in [0, 0.1) is 0 Å². The fourth-order valence-electron chi connectivity index (χ4n) is 2.95. The lowest BCUT2D eigenvalue weighted by atomic mass is 10.1. The smallest absolute Gasteiger partial charge is 0.174 e. The van der Waals surface area contributed by atoms with Crippen LogP contribution in [-0.2, 0) is 4.84 Å². The number of nitrogens with two attached hydrogens (primary N) is 1. The van der Waals surface area contributed by atoms with Gasteiger partial charge in [-0.25, -0.2) is 4.98 Å². The molecule has 1 saturated heterocycles. The van der Waals surface area contributed by atoms with Crippen LogP contribution in [0.25, 0.3) is 0 Å². The molecule has 0 unspecified atom stereocenters. The molecule has 6 nitrogen and oxygen atoms in total. The zero-order valence-corrected chi connectivity index (χ0v) is 15.0. The highest BCUT2D eigenvalue weighted by molar-refractivity contribution is 6.01. The Balaban J connectivity index is 1.48. The van der Waals surface area contributed by atoms with E-state index in [1.165, 1.54) is 19.3 Å². The Morgan fingerprint density at radius 1 is 1.04 bits per heavy atom. The van der Waals surface area contributed by atoms with Crippen LogP contribution in [0.3, 0.4) is 0 Å². The van der Waals surface area contributed by atoms with E-state index in [2.05, 4.69) is 15.0 Å². The number of pyridine rings is 1. The summed E-state index contributed by atoms with van der Waals surface area (Å²) in [5.41, 5.74) is 6.96. The zero-order chi connectivity index (χ0) is 18.0. The first-order chi connectivity index (χ1) is 12.8. The van der Waals surface area contributed by atoms with Crippen LogP contribution in [0.5, 0.6) is 5.75 Å². The minimum Gasteiger partial charge on any atom is -0.493 e. The van der Waals surface area contributed by atoms with E-state index in [0.717, 1.165) is 36.6 Å². The van der Waals surface area contributed by atoms with Gasteiger partial charge in [-0.1, -0.05) is 23.4 Å². The summed E-state index contributed by atoms with van der Waals surface area (Å²) in [5.74, 6) is 2.11. The molecule has 0 radical (unpaired) electrons. The fraction of sp³-hybridized carbons (Fsp3) is 0.400. The molecule has 138 valence electrons. The van der Waals surface area contributed by atoms with Gasteiger partial charge in [0.1, 0.15) is 18.2 Å². The summed E-state index contributed by atoms with van der Waals surface area (Å²) in [5, 5.41) is 4.07. The average molecular weight is 354 g/mol. The lowest BCUT2D eigenvalue weighted by Gasteiger charge is -2.29. The van der Waals surface area contributed by atoms with Gasteiger partial charge in [0.15, 0.2) is 5.84 Å². The van der Waals surface area contributed by atoms with E-state index in [9.17, 15) is 0 Å². The van der Waals surface area contributed by atoms with Gasteiger partial charge >= 0.3 is 0 Å². The van der Waals surface area contributed by atoms with Crippen molar-refractivity contribution in [2.45, 2.75) is 25.7 Å². The molecule has 1 aromatic carbocycles. The van der Waals surface area contributed by atoms with E-state index in [-0.39, 0.29) is 0 Å². The molecule has 6 heteroatoms. The average Bonchev–Trinajstić information content (AvgIpc) is 2.72. The molecule has 3 rings (SSSR count). The zero-order valence-electron chi connectivity index (χ0n) is 15.0. The van der Waals surface area contributed by atoms with Crippen molar-refractivity contribution in [1.29, 1.82) is 0 Å². The Labute approximate surface area is 154 Å². The second kappa shape index (κ2) is 9.65. The molecular weight excluding hydrogens is 328 g/mol. The van der Waals surface area contributed by atoms with Crippen molar-refractivity contribution >= 4 is 11.7 Å². The summed E-state index contributed by atoms with van der Waals surface area (Å²) >= 11 is 0. The van der Waals surface area contributed by atoms with Crippen molar-refractivity contribution in [3.8, 4) is 5.75 Å². The molecule has 1 aliphatic rings. The summed E-state index contributed by atoms with van der Waals surface area (Å²) in [7, 11) is 0. The normalized spacial score (nSPS) is 14.9. The summed E-state index contributed by atoms with van der Waals surface area (Å²) in [6, 6.07) is 13.5. The summed E-state index contributed by atoms with van der Waals surface area (Å²) in [6.45, 7) is 3.04. The number of rotatable bonds is 8. The second-order valence-electron chi connectivity index (χ2n) is 6.25. The Bertz CT molecular complexity index is 700. The number of aromatic nitrogens is 1. The van der Waals surface area contributed by atoms with Crippen LogP contribution < -0.4 is 15.4 Å². The molecular formula is C20H26N4O2. The number of nitrogens with zero attached hydrogens (tertiary/aromatic N) is 3. The molecule has 0 amide bonds. The first-order valence-electron chi connectivity index (χ1n) is 9.18. The van der Waals surface area contributed by atoms with E-state index >= 15 is 0 Å². The van der Waals surface area contributed by atoms with Crippen molar-refractivity contribution in [3.63, 3.8) is 0 Å². The van der Waals surface area contributed by atoms with Gasteiger partial charge in [0.25, 0.3) is 0 Å². The first-order valence-corrected chi connectivity index (χ1v) is 9.18. The predicted molar refractivity (Wildman–Crippen MR) is 104 cm³/mol. The topological polar surface area (TPSA) is 73.0 Å². The third-order valence-corrected chi connectivity index (χ3v) is 4.27. The quantitative estimate of drug-likeness (QED) is 0.341. The van der Waals surface area contributed by atoms with Crippen LogP contribution in [0.15, 0.2) is 53.8 Å². The highest BCUT2D eigenvalue weighted by Gasteiger charge is 2.17. The Hall–Kier alpha value is -2.76. The van der Waals surface area contributed by atoms with Gasteiger partial charge in [0, 0.05) is 25.7 Å². The van der Waals surface area contributed by atoms with E-state index in [1.54, 1.807) is 6.20 Å². The SMILES string of the molecule is NC(=NOCCCOc1ccccc1)c1cccnc1N1CCCCC1. The van der Waals surface area contributed by atoms with Crippen LogP contribution in [0.4, 0.5) is 5.82 Å². The molecule has 1 aliphatic heterocycles. The monoisotopic (exact) mass is 354 g/mol.